The first-order chi connectivity index (χ1) is 18.0. The standard InChI is InChI=1S/C28H28N6O3/c1-2-29-26(35)33-13-11-28(18-33)12-14-34-25(28)16-24(32-34)19-15-21-22(30-17-19)9-6-10-23(21)31-27(36)37-20-7-4-3-5-8-20/h3-10,15-17H,2,11-14,18H2,1H3,(H,29,35)(H,31,36)/t28-/m0/s1. The summed E-state index contributed by atoms with van der Waals surface area (Å²) in [6.07, 6.45) is 3.17. The Balaban J connectivity index is 1.26. The van der Waals surface area contributed by atoms with Crippen LogP contribution in [0, 0.1) is 0 Å². The minimum atomic E-state index is -0.565. The van der Waals surface area contributed by atoms with Gasteiger partial charge in [0, 0.05) is 54.4 Å². The van der Waals surface area contributed by atoms with Crippen molar-refractivity contribution in [3.8, 4) is 17.0 Å². The van der Waals surface area contributed by atoms with Crippen molar-refractivity contribution in [2.24, 2.45) is 0 Å². The molecular formula is C28H28N6O3. The summed E-state index contributed by atoms with van der Waals surface area (Å²) in [4.78, 5) is 31.5. The van der Waals surface area contributed by atoms with Gasteiger partial charge in [-0.15, -0.1) is 0 Å². The van der Waals surface area contributed by atoms with Gasteiger partial charge in [-0.1, -0.05) is 24.3 Å². The van der Waals surface area contributed by atoms with Crippen LogP contribution < -0.4 is 15.4 Å². The lowest BCUT2D eigenvalue weighted by molar-refractivity contribution is 0.206. The average Bonchev–Trinajstić information content (AvgIpc) is 3.62. The van der Waals surface area contributed by atoms with E-state index in [1.807, 2.05) is 60.5 Å². The van der Waals surface area contributed by atoms with Crippen LogP contribution in [0.4, 0.5) is 15.3 Å². The molecule has 1 spiro atoms. The summed E-state index contributed by atoms with van der Waals surface area (Å²) in [6.45, 7) is 4.85. The average molecular weight is 497 g/mol. The molecule has 37 heavy (non-hydrogen) atoms. The van der Waals surface area contributed by atoms with E-state index in [2.05, 4.69) is 26.4 Å². The van der Waals surface area contributed by atoms with Crippen LogP contribution in [0.2, 0.25) is 0 Å². The van der Waals surface area contributed by atoms with Gasteiger partial charge >= 0.3 is 12.1 Å². The number of aryl methyl sites for hydroxylation is 1. The first kappa shape index (κ1) is 23.0. The molecule has 2 aromatic heterocycles. The number of fused-ring (bicyclic) bond motifs is 3. The van der Waals surface area contributed by atoms with Gasteiger partial charge in [0.1, 0.15) is 5.75 Å². The van der Waals surface area contributed by atoms with Crippen molar-refractivity contribution in [2.45, 2.75) is 31.7 Å². The molecule has 0 aliphatic carbocycles. The molecule has 0 saturated carbocycles. The van der Waals surface area contributed by atoms with E-state index in [1.165, 1.54) is 5.69 Å². The van der Waals surface area contributed by atoms with Crippen molar-refractivity contribution >= 4 is 28.7 Å². The predicted octanol–water partition coefficient (Wildman–Crippen LogP) is 4.79. The molecule has 2 aliphatic heterocycles. The Labute approximate surface area is 214 Å². The van der Waals surface area contributed by atoms with Crippen LogP contribution in [-0.2, 0) is 12.0 Å². The Morgan fingerprint density at radius 3 is 2.73 bits per heavy atom. The number of ether oxygens (including phenoxy) is 1. The molecule has 4 aromatic rings. The molecule has 1 saturated heterocycles. The molecule has 9 heteroatoms. The van der Waals surface area contributed by atoms with Crippen LogP contribution >= 0.6 is 0 Å². The molecule has 188 valence electrons. The Morgan fingerprint density at radius 1 is 1.05 bits per heavy atom. The van der Waals surface area contributed by atoms with Gasteiger partial charge in [0.15, 0.2) is 0 Å². The normalized spacial score (nSPS) is 18.2. The van der Waals surface area contributed by atoms with Gasteiger partial charge in [0.25, 0.3) is 0 Å². The molecule has 2 aliphatic rings. The molecule has 3 amide bonds. The number of nitrogens with one attached hydrogen (secondary N) is 2. The maximum Gasteiger partial charge on any atom is 0.417 e. The number of benzene rings is 2. The molecule has 0 unspecified atom stereocenters. The molecule has 1 atom stereocenters. The number of anilines is 1. The van der Waals surface area contributed by atoms with Crippen molar-refractivity contribution < 1.29 is 14.3 Å². The van der Waals surface area contributed by atoms with Crippen LogP contribution in [0.5, 0.6) is 5.75 Å². The molecule has 9 nitrogen and oxygen atoms in total. The van der Waals surface area contributed by atoms with E-state index in [4.69, 9.17) is 9.84 Å². The summed E-state index contributed by atoms with van der Waals surface area (Å²) < 4.78 is 7.47. The first-order valence-corrected chi connectivity index (χ1v) is 12.6. The number of nitrogens with zero attached hydrogens (tertiary/aromatic N) is 4. The Hall–Kier alpha value is -4.40. The highest BCUT2D eigenvalue weighted by atomic mass is 16.6. The zero-order chi connectivity index (χ0) is 25.4. The summed E-state index contributed by atoms with van der Waals surface area (Å²) in [5, 5.41) is 11.4. The summed E-state index contributed by atoms with van der Waals surface area (Å²) in [5.74, 6) is 0.471. The molecule has 0 bridgehead atoms. The van der Waals surface area contributed by atoms with E-state index in [0.717, 1.165) is 48.1 Å². The lowest BCUT2D eigenvalue weighted by atomic mass is 9.82. The van der Waals surface area contributed by atoms with Gasteiger partial charge in [-0.3, -0.25) is 15.0 Å². The first-order valence-electron chi connectivity index (χ1n) is 12.6. The van der Waals surface area contributed by atoms with Gasteiger partial charge in [-0.2, -0.15) is 5.10 Å². The third-order valence-electron chi connectivity index (χ3n) is 7.31. The number of carbonyl (C=O) groups excluding carboxylic acids is 2. The van der Waals surface area contributed by atoms with Crippen LogP contribution in [-0.4, -0.2) is 51.4 Å². The van der Waals surface area contributed by atoms with Crippen LogP contribution in [0.15, 0.2) is 66.9 Å². The number of amides is 3. The molecule has 1 fully saturated rings. The summed E-state index contributed by atoms with van der Waals surface area (Å²) in [6, 6.07) is 18.7. The summed E-state index contributed by atoms with van der Waals surface area (Å²) in [5.41, 5.74) is 4.19. The van der Waals surface area contributed by atoms with Crippen molar-refractivity contribution in [1.82, 2.24) is 25.0 Å². The van der Waals surface area contributed by atoms with Crippen LogP contribution in [0.3, 0.4) is 0 Å². The van der Waals surface area contributed by atoms with E-state index >= 15 is 0 Å². The van der Waals surface area contributed by atoms with Crippen molar-refractivity contribution in [3.05, 3.63) is 72.6 Å². The lowest BCUT2D eigenvalue weighted by Crippen LogP contribution is -2.40. The zero-order valence-electron chi connectivity index (χ0n) is 20.6. The van der Waals surface area contributed by atoms with Crippen molar-refractivity contribution in [3.63, 3.8) is 0 Å². The fraction of sp³-hybridized carbons (Fsp3) is 0.286. The van der Waals surface area contributed by atoms with Gasteiger partial charge in [0.05, 0.1) is 16.9 Å². The molecule has 4 heterocycles. The molecule has 0 radical (unpaired) electrons. The number of aromatic nitrogens is 3. The number of hydrogen-bond donors (Lipinski definition) is 2. The Kier molecular flexibility index (Phi) is 5.75. The highest BCUT2D eigenvalue weighted by Gasteiger charge is 2.46. The van der Waals surface area contributed by atoms with Gasteiger partial charge in [-0.05, 0) is 56.2 Å². The van der Waals surface area contributed by atoms with Crippen LogP contribution in [0.1, 0.15) is 25.5 Å². The maximum atomic E-state index is 12.5. The second-order valence-corrected chi connectivity index (χ2v) is 9.60. The van der Waals surface area contributed by atoms with Gasteiger partial charge < -0.3 is 15.0 Å². The largest absolute Gasteiger partial charge is 0.417 e. The van der Waals surface area contributed by atoms with Crippen LogP contribution in [0.25, 0.3) is 22.2 Å². The van der Waals surface area contributed by atoms with Gasteiger partial charge in [-0.25, -0.2) is 9.59 Å². The van der Waals surface area contributed by atoms with Crippen molar-refractivity contribution in [2.75, 3.05) is 25.0 Å². The van der Waals surface area contributed by atoms with E-state index in [1.54, 1.807) is 12.1 Å². The number of para-hydroxylation sites is 1. The predicted molar refractivity (Wildman–Crippen MR) is 141 cm³/mol. The Morgan fingerprint density at radius 2 is 1.89 bits per heavy atom. The van der Waals surface area contributed by atoms with E-state index in [9.17, 15) is 9.59 Å². The lowest BCUT2D eigenvalue weighted by Gasteiger charge is -2.23. The monoisotopic (exact) mass is 496 g/mol. The molecular weight excluding hydrogens is 468 g/mol. The van der Waals surface area contributed by atoms with Crippen molar-refractivity contribution in [1.29, 1.82) is 0 Å². The number of likely N-dealkylation sites (tertiary alicyclic amines) is 1. The summed E-state index contributed by atoms with van der Waals surface area (Å²) >= 11 is 0. The molecule has 6 rings (SSSR count). The molecule has 2 N–H and O–H groups in total. The second kappa shape index (κ2) is 9.24. The third kappa shape index (κ3) is 4.26. The Bertz CT molecular complexity index is 1480. The quantitative estimate of drug-likeness (QED) is 0.423. The number of carbonyl (C=O) groups is 2. The fourth-order valence-electron chi connectivity index (χ4n) is 5.45. The topological polar surface area (TPSA) is 101 Å². The summed E-state index contributed by atoms with van der Waals surface area (Å²) in [7, 11) is 0. The third-order valence-corrected chi connectivity index (χ3v) is 7.31. The minimum Gasteiger partial charge on any atom is -0.410 e. The smallest absolute Gasteiger partial charge is 0.410 e. The second-order valence-electron chi connectivity index (χ2n) is 9.60. The minimum absolute atomic E-state index is 0.00196. The highest BCUT2D eigenvalue weighted by Crippen LogP contribution is 2.44. The number of urea groups is 1. The van der Waals surface area contributed by atoms with Gasteiger partial charge in [0.2, 0.25) is 0 Å². The molecule has 2 aromatic carbocycles. The SMILES string of the molecule is CCNC(=O)N1CC[C@]2(CCn3nc(-c4cnc5cccc(NC(=O)Oc6ccccc6)c5c4)cc32)C1. The number of hydrogen-bond acceptors (Lipinski definition) is 5. The van der Waals surface area contributed by atoms with E-state index in [-0.39, 0.29) is 11.4 Å². The number of rotatable bonds is 4. The fourth-order valence-corrected chi connectivity index (χ4v) is 5.45. The number of pyridine rings is 1. The maximum absolute atomic E-state index is 12.5. The zero-order valence-corrected chi connectivity index (χ0v) is 20.6. The van der Waals surface area contributed by atoms with E-state index in [0.29, 0.717) is 24.5 Å². The highest BCUT2D eigenvalue weighted by molar-refractivity contribution is 6.00. The van der Waals surface area contributed by atoms with E-state index < -0.39 is 6.09 Å².